The smallest absolute Gasteiger partial charge is 0.272 e. The molecule has 0 aliphatic rings. The summed E-state index contributed by atoms with van der Waals surface area (Å²) in [6.45, 7) is 1.79. The number of nitrogens with zero attached hydrogens (tertiary/aromatic N) is 1. The molecule has 0 fully saturated rings. The fourth-order valence-electron chi connectivity index (χ4n) is 2.54. The number of aromatic nitrogens is 2. The second kappa shape index (κ2) is 6.62. The third-order valence-electron chi connectivity index (χ3n) is 3.91. The molecule has 0 saturated carbocycles. The molecule has 3 N–H and O–H groups in total. The predicted octanol–water partition coefficient (Wildman–Crippen LogP) is 2.28. The molecule has 23 heavy (non-hydrogen) atoms. The molecule has 0 saturated heterocycles. The molecule has 0 bridgehead atoms. The van der Waals surface area contributed by atoms with Gasteiger partial charge >= 0.3 is 0 Å². The molecule has 118 valence electrons. The van der Waals surface area contributed by atoms with E-state index in [0.717, 1.165) is 16.5 Å². The standard InChI is InChI=1S/C18H19N3O2/c1-12(16(22)11-13-7-3-2-4-8-13)19-18(23)17-14-9-5-6-10-15(14)20-21-17/h2-10,12,16,22H,11H2,1H3,(H,19,23)(H,20,21). The number of hydrogen-bond donors (Lipinski definition) is 3. The zero-order chi connectivity index (χ0) is 16.2. The van der Waals surface area contributed by atoms with Crippen LogP contribution < -0.4 is 5.32 Å². The molecule has 5 nitrogen and oxygen atoms in total. The van der Waals surface area contributed by atoms with E-state index >= 15 is 0 Å². The maximum Gasteiger partial charge on any atom is 0.272 e. The quantitative estimate of drug-likeness (QED) is 0.676. The summed E-state index contributed by atoms with van der Waals surface area (Å²) in [5.41, 5.74) is 2.20. The molecule has 3 rings (SSSR count). The van der Waals surface area contributed by atoms with E-state index in [1.165, 1.54) is 0 Å². The number of para-hydroxylation sites is 1. The highest BCUT2D eigenvalue weighted by Gasteiger charge is 2.20. The molecule has 5 heteroatoms. The Balaban J connectivity index is 1.67. The monoisotopic (exact) mass is 309 g/mol. The number of amides is 1. The summed E-state index contributed by atoms with van der Waals surface area (Å²) >= 11 is 0. The van der Waals surface area contributed by atoms with Crippen LogP contribution in [0.2, 0.25) is 0 Å². The van der Waals surface area contributed by atoms with Crippen molar-refractivity contribution in [1.82, 2.24) is 15.5 Å². The number of benzene rings is 2. The van der Waals surface area contributed by atoms with E-state index < -0.39 is 6.10 Å². The molecule has 1 aromatic heterocycles. The Morgan fingerprint density at radius 1 is 1.17 bits per heavy atom. The Morgan fingerprint density at radius 3 is 2.65 bits per heavy atom. The molecule has 0 radical (unpaired) electrons. The average Bonchev–Trinajstić information content (AvgIpc) is 2.99. The summed E-state index contributed by atoms with van der Waals surface area (Å²) in [7, 11) is 0. The van der Waals surface area contributed by atoms with Gasteiger partial charge in [-0.05, 0) is 18.6 Å². The van der Waals surface area contributed by atoms with E-state index in [-0.39, 0.29) is 11.9 Å². The average molecular weight is 309 g/mol. The molecule has 2 atom stereocenters. The lowest BCUT2D eigenvalue weighted by Crippen LogP contribution is -2.42. The summed E-state index contributed by atoms with van der Waals surface area (Å²) < 4.78 is 0. The Hall–Kier alpha value is -2.66. The normalized spacial score (nSPS) is 13.7. The number of H-pyrrole nitrogens is 1. The molecule has 1 amide bonds. The van der Waals surface area contributed by atoms with Crippen LogP contribution in [0.1, 0.15) is 23.0 Å². The zero-order valence-corrected chi connectivity index (χ0v) is 12.9. The van der Waals surface area contributed by atoms with E-state index in [1.807, 2.05) is 54.6 Å². The van der Waals surface area contributed by atoms with E-state index in [9.17, 15) is 9.90 Å². The lowest BCUT2D eigenvalue weighted by molar-refractivity contribution is 0.0848. The number of fused-ring (bicyclic) bond motifs is 1. The van der Waals surface area contributed by atoms with Crippen molar-refractivity contribution < 1.29 is 9.90 Å². The molecular formula is C18H19N3O2. The summed E-state index contributed by atoms with van der Waals surface area (Å²) in [5, 5.41) is 20.8. The van der Waals surface area contributed by atoms with Gasteiger partial charge in [0.25, 0.3) is 5.91 Å². The Bertz CT molecular complexity index is 798. The van der Waals surface area contributed by atoms with Gasteiger partial charge in [-0.3, -0.25) is 9.89 Å². The van der Waals surface area contributed by atoms with Crippen LogP contribution in [-0.2, 0) is 6.42 Å². The van der Waals surface area contributed by atoms with Crippen LogP contribution >= 0.6 is 0 Å². The van der Waals surface area contributed by atoms with Gasteiger partial charge in [0.2, 0.25) is 0 Å². The maximum atomic E-state index is 12.4. The minimum atomic E-state index is -0.661. The number of aromatic amines is 1. The second-order valence-corrected chi connectivity index (χ2v) is 5.64. The van der Waals surface area contributed by atoms with E-state index in [2.05, 4.69) is 15.5 Å². The first-order valence-electron chi connectivity index (χ1n) is 7.61. The van der Waals surface area contributed by atoms with Crippen molar-refractivity contribution in [2.45, 2.75) is 25.5 Å². The molecule has 0 aliphatic carbocycles. The summed E-state index contributed by atoms with van der Waals surface area (Å²) in [6.07, 6.45) is -0.171. The Labute approximate surface area is 134 Å². The SMILES string of the molecule is CC(NC(=O)c1n[nH]c2ccccc12)C(O)Cc1ccccc1. The van der Waals surface area contributed by atoms with Crippen LogP contribution in [0.5, 0.6) is 0 Å². The van der Waals surface area contributed by atoms with Crippen LogP contribution in [-0.4, -0.2) is 33.4 Å². The summed E-state index contributed by atoms with van der Waals surface area (Å²) in [5.74, 6) is -0.290. The van der Waals surface area contributed by atoms with Crippen molar-refractivity contribution in [3.05, 3.63) is 65.9 Å². The number of aliphatic hydroxyl groups excluding tert-OH is 1. The number of rotatable bonds is 5. The van der Waals surface area contributed by atoms with Gasteiger partial charge in [-0.2, -0.15) is 5.10 Å². The number of aliphatic hydroxyl groups is 1. The van der Waals surface area contributed by atoms with Gasteiger partial charge in [-0.1, -0.05) is 48.5 Å². The van der Waals surface area contributed by atoms with Gasteiger partial charge in [-0.15, -0.1) is 0 Å². The highest BCUT2D eigenvalue weighted by molar-refractivity contribution is 6.04. The van der Waals surface area contributed by atoms with Gasteiger partial charge in [-0.25, -0.2) is 0 Å². The maximum absolute atomic E-state index is 12.4. The van der Waals surface area contributed by atoms with Crippen molar-refractivity contribution in [3.8, 4) is 0 Å². The molecule has 3 aromatic rings. The zero-order valence-electron chi connectivity index (χ0n) is 12.9. The lowest BCUT2D eigenvalue weighted by atomic mass is 10.0. The topological polar surface area (TPSA) is 78.0 Å². The van der Waals surface area contributed by atoms with Gasteiger partial charge in [0.1, 0.15) is 0 Å². The highest BCUT2D eigenvalue weighted by atomic mass is 16.3. The molecular weight excluding hydrogens is 290 g/mol. The first kappa shape index (κ1) is 15.2. The van der Waals surface area contributed by atoms with Crippen molar-refractivity contribution in [2.75, 3.05) is 0 Å². The van der Waals surface area contributed by atoms with Crippen LogP contribution in [0.15, 0.2) is 54.6 Å². The molecule has 0 spiro atoms. The fraction of sp³-hybridized carbons (Fsp3) is 0.222. The largest absolute Gasteiger partial charge is 0.391 e. The summed E-state index contributed by atoms with van der Waals surface area (Å²) in [4.78, 5) is 12.4. The first-order valence-corrected chi connectivity index (χ1v) is 7.61. The number of carbonyl (C=O) groups is 1. The number of hydrogen-bond acceptors (Lipinski definition) is 3. The van der Waals surface area contributed by atoms with Crippen molar-refractivity contribution in [3.63, 3.8) is 0 Å². The fourth-order valence-corrected chi connectivity index (χ4v) is 2.54. The summed E-state index contributed by atoms with van der Waals surface area (Å²) in [6, 6.07) is 16.8. The van der Waals surface area contributed by atoms with Gasteiger partial charge < -0.3 is 10.4 Å². The molecule has 2 aromatic carbocycles. The van der Waals surface area contributed by atoms with Crippen molar-refractivity contribution >= 4 is 16.8 Å². The van der Waals surface area contributed by atoms with E-state index in [0.29, 0.717) is 12.1 Å². The highest BCUT2D eigenvalue weighted by Crippen LogP contribution is 2.15. The third-order valence-corrected chi connectivity index (χ3v) is 3.91. The minimum absolute atomic E-state index is 0.290. The van der Waals surface area contributed by atoms with Gasteiger partial charge in [0, 0.05) is 11.8 Å². The molecule has 0 aliphatic heterocycles. The van der Waals surface area contributed by atoms with Crippen LogP contribution in [0, 0.1) is 0 Å². The number of carbonyl (C=O) groups excluding carboxylic acids is 1. The van der Waals surface area contributed by atoms with E-state index in [4.69, 9.17) is 0 Å². The lowest BCUT2D eigenvalue weighted by Gasteiger charge is -2.20. The second-order valence-electron chi connectivity index (χ2n) is 5.64. The van der Waals surface area contributed by atoms with Crippen LogP contribution in [0.3, 0.4) is 0 Å². The molecule has 1 heterocycles. The van der Waals surface area contributed by atoms with Crippen molar-refractivity contribution in [1.29, 1.82) is 0 Å². The first-order chi connectivity index (χ1) is 11.1. The van der Waals surface area contributed by atoms with Crippen LogP contribution in [0.25, 0.3) is 10.9 Å². The minimum Gasteiger partial charge on any atom is -0.391 e. The predicted molar refractivity (Wildman–Crippen MR) is 89.2 cm³/mol. The van der Waals surface area contributed by atoms with E-state index in [1.54, 1.807) is 6.92 Å². The Morgan fingerprint density at radius 2 is 1.87 bits per heavy atom. The van der Waals surface area contributed by atoms with Crippen molar-refractivity contribution in [2.24, 2.45) is 0 Å². The van der Waals surface area contributed by atoms with Gasteiger partial charge in [0.05, 0.1) is 17.7 Å². The van der Waals surface area contributed by atoms with Crippen LogP contribution in [0.4, 0.5) is 0 Å². The number of nitrogens with one attached hydrogen (secondary N) is 2. The third kappa shape index (κ3) is 3.40. The molecule has 2 unspecified atom stereocenters. The van der Waals surface area contributed by atoms with Gasteiger partial charge in [0.15, 0.2) is 5.69 Å². The Kier molecular flexibility index (Phi) is 4.39.